The molecule has 1 aliphatic heterocycles. The number of hydrogen-bond donors (Lipinski definition) is 1. The largest absolute Gasteiger partial charge is 0.372 e. The summed E-state index contributed by atoms with van der Waals surface area (Å²) in [4.78, 5) is 7.19. The van der Waals surface area contributed by atoms with E-state index < -0.39 is 0 Å². The Morgan fingerprint density at radius 2 is 1.75 bits per heavy atom. The van der Waals surface area contributed by atoms with Gasteiger partial charge in [-0.1, -0.05) is 30.3 Å². The molecule has 0 amide bonds. The molecule has 4 rings (SSSR count). The smallest absolute Gasteiger partial charge is 0.187 e. The second-order valence-electron chi connectivity index (χ2n) is 6.22. The average molecular weight is 335 g/mol. The Labute approximate surface area is 147 Å². The summed E-state index contributed by atoms with van der Waals surface area (Å²) >= 11 is 1.64. The van der Waals surface area contributed by atoms with Crippen LogP contribution in [-0.4, -0.2) is 18.1 Å². The van der Waals surface area contributed by atoms with E-state index >= 15 is 0 Å². The zero-order valence-corrected chi connectivity index (χ0v) is 14.6. The van der Waals surface area contributed by atoms with Gasteiger partial charge >= 0.3 is 0 Å². The Bertz CT molecular complexity index is 817. The van der Waals surface area contributed by atoms with Crippen LogP contribution in [0.3, 0.4) is 0 Å². The van der Waals surface area contributed by atoms with Gasteiger partial charge in [0, 0.05) is 35.4 Å². The Morgan fingerprint density at radius 1 is 1.00 bits per heavy atom. The summed E-state index contributed by atoms with van der Waals surface area (Å²) in [5.41, 5.74) is 5.87. The summed E-state index contributed by atoms with van der Waals surface area (Å²) in [5.74, 6) is 0. The summed E-state index contributed by atoms with van der Waals surface area (Å²) in [5, 5.41) is 6.47. The van der Waals surface area contributed by atoms with Gasteiger partial charge in [0.05, 0.1) is 5.69 Å². The summed E-state index contributed by atoms with van der Waals surface area (Å²) in [6.45, 7) is 4.47. The number of benzene rings is 2. The topological polar surface area (TPSA) is 28.2 Å². The van der Waals surface area contributed by atoms with Crippen LogP contribution in [0.1, 0.15) is 18.4 Å². The highest BCUT2D eigenvalue weighted by atomic mass is 32.1. The third-order valence-corrected chi connectivity index (χ3v) is 5.28. The molecule has 0 saturated carbocycles. The molecule has 2 heterocycles. The molecule has 0 aliphatic carbocycles. The van der Waals surface area contributed by atoms with Crippen LogP contribution in [0, 0.1) is 6.92 Å². The van der Waals surface area contributed by atoms with E-state index in [1.54, 1.807) is 11.3 Å². The highest BCUT2D eigenvalue weighted by molar-refractivity contribution is 7.14. The molecule has 1 N–H and O–H groups in total. The first-order chi connectivity index (χ1) is 11.8. The van der Waals surface area contributed by atoms with E-state index in [-0.39, 0.29) is 0 Å². The van der Waals surface area contributed by atoms with Gasteiger partial charge in [0.2, 0.25) is 0 Å². The van der Waals surface area contributed by atoms with Crippen LogP contribution < -0.4 is 10.2 Å². The van der Waals surface area contributed by atoms with Gasteiger partial charge in [-0.15, -0.1) is 11.3 Å². The lowest BCUT2D eigenvalue weighted by Gasteiger charge is -2.17. The van der Waals surface area contributed by atoms with Crippen LogP contribution in [0.5, 0.6) is 0 Å². The zero-order chi connectivity index (χ0) is 16.4. The normalized spacial score (nSPS) is 14.1. The van der Waals surface area contributed by atoms with Crippen LogP contribution in [0.25, 0.3) is 11.3 Å². The van der Waals surface area contributed by atoms with E-state index in [1.165, 1.54) is 42.7 Å². The Hall–Kier alpha value is -2.33. The van der Waals surface area contributed by atoms with Crippen LogP contribution in [0.15, 0.2) is 53.9 Å². The molecule has 24 heavy (non-hydrogen) atoms. The minimum atomic E-state index is 0.933. The van der Waals surface area contributed by atoms with E-state index in [0.717, 1.165) is 16.5 Å². The van der Waals surface area contributed by atoms with Crippen LogP contribution in [0.4, 0.5) is 16.5 Å². The van der Waals surface area contributed by atoms with Crippen molar-refractivity contribution in [2.24, 2.45) is 0 Å². The Balaban J connectivity index is 1.51. The van der Waals surface area contributed by atoms with Crippen molar-refractivity contribution in [3.05, 3.63) is 59.5 Å². The number of rotatable bonds is 4. The number of para-hydroxylation sites is 1. The number of aromatic nitrogens is 1. The zero-order valence-electron chi connectivity index (χ0n) is 13.8. The number of thiazole rings is 1. The van der Waals surface area contributed by atoms with Gasteiger partial charge in [-0.2, -0.15) is 0 Å². The maximum atomic E-state index is 4.74. The molecule has 0 unspecified atom stereocenters. The molecular formula is C20H21N3S. The fraction of sp³-hybridized carbons (Fsp3) is 0.250. The minimum Gasteiger partial charge on any atom is -0.372 e. The molecule has 1 saturated heterocycles. The molecular weight excluding hydrogens is 314 g/mol. The molecule has 1 aromatic heterocycles. The summed E-state index contributed by atoms with van der Waals surface area (Å²) in [6, 6.07) is 17.1. The molecule has 4 heteroatoms. The predicted molar refractivity (Wildman–Crippen MR) is 103 cm³/mol. The number of aryl methyl sites for hydroxylation is 1. The van der Waals surface area contributed by atoms with Gasteiger partial charge < -0.3 is 10.2 Å². The summed E-state index contributed by atoms with van der Waals surface area (Å²) in [6.07, 6.45) is 2.61. The standard InChI is InChI=1S/C20H21N3S/c1-15-6-2-3-7-18(15)21-20-22-19(14-24-20)16-8-10-17(11-9-16)23-12-4-5-13-23/h2-3,6-11,14H,4-5,12-13H2,1H3,(H,21,22). The van der Waals surface area contributed by atoms with E-state index in [1.807, 2.05) is 6.07 Å². The Kier molecular flexibility index (Phi) is 4.22. The molecule has 3 aromatic rings. The van der Waals surface area contributed by atoms with Gasteiger partial charge in [0.1, 0.15) is 0 Å². The van der Waals surface area contributed by atoms with Crippen molar-refractivity contribution in [2.75, 3.05) is 23.3 Å². The van der Waals surface area contributed by atoms with Gasteiger partial charge in [0.25, 0.3) is 0 Å². The lowest BCUT2D eigenvalue weighted by molar-refractivity contribution is 0.949. The molecule has 0 radical (unpaired) electrons. The maximum Gasteiger partial charge on any atom is 0.187 e. The third kappa shape index (κ3) is 3.15. The molecule has 0 bridgehead atoms. The van der Waals surface area contributed by atoms with Crippen molar-refractivity contribution in [1.82, 2.24) is 4.98 Å². The molecule has 1 aliphatic rings. The van der Waals surface area contributed by atoms with Gasteiger partial charge in [-0.25, -0.2) is 4.98 Å². The lowest BCUT2D eigenvalue weighted by atomic mass is 10.1. The number of hydrogen-bond acceptors (Lipinski definition) is 4. The SMILES string of the molecule is Cc1ccccc1Nc1nc(-c2ccc(N3CCCC3)cc2)cs1. The fourth-order valence-electron chi connectivity index (χ4n) is 3.11. The molecule has 122 valence electrons. The molecule has 3 nitrogen and oxygen atoms in total. The van der Waals surface area contributed by atoms with E-state index in [2.05, 4.69) is 65.0 Å². The molecule has 0 atom stereocenters. The summed E-state index contributed by atoms with van der Waals surface area (Å²) in [7, 11) is 0. The second kappa shape index (κ2) is 6.65. The van der Waals surface area contributed by atoms with Crippen molar-refractivity contribution in [3.63, 3.8) is 0 Å². The number of nitrogens with zero attached hydrogens (tertiary/aromatic N) is 2. The highest BCUT2D eigenvalue weighted by Crippen LogP contribution is 2.30. The van der Waals surface area contributed by atoms with Gasteiger partial charge in [-0.05, 0) is 43.5 Å². The monoisotopic (exact) mass is 335 g/mol. The lowest BCUT2D eigenvalue weighted by Crippen LogP contribution is -2.17. The molecule has 1 fully saturated rings. The maximum absolute atomic E-state index is 4.74. The first-order valence-electron chi connectivity index (χ1n) is 8.43. The number of nitrogens with one attached hydrogen (secondary N) is 1. The minimum absolute atomic E-state index is 0.933. The van der Waals surface area contributed by atoms with Crippen molar-refractivity contribution < 1.29 is 0 Å². The Morgan fingerprint density at radius 3 is 2.50 bits per heavy atom. The highest BCUT2D eigenvalue weighted by Gasteiger charge is 2.12. The van der Waals surface area contributed by atoms with E-state index in [4.69, 9.17) is 4.98 Å². The number of anilines is 3. The van der Waals surface area contributed by atoms with Crippen LogP contribution in [0.2, 0.25) is 0 Å². The molecule has 0 spiro atoms. The predicted octanol–water partition coefficient (Wildman–Crippen LogP) is 5.46. The average Bonchev–Trinajstić information content (AvgIpc) is 3.29. The third-order valence-electron chi connectivity index (χ3n) is 4.53. The van der Waals surface area contributed by atoms with E-state index in [9.17, 15) is 0 Å². The first-order valence-corrected chi connectivity index (χ1v) is 9.31. The van der Waals surface area contributed by atoms with Crippen molar-refractivity contribution in [3.8, 4) is 11.3 Å². The quantitative estimate of drug-likeness (QED) is 0.686. The van der Waals surface area contributed by atoms with Gasteiger partial charge in [0.15, 0.2) is 5.13 Å². The van der Waals surface area contributed by atoms with E-state index in [0.29, 0.717) is 0 Å². The second-order valence-corrected chi connectivity index (χ2v) is 7.08. The fourth-order valence-corrected chi connectivity index (χ4v) is 3.84. The van der Waals surface area contributed by atoms with Crippen LogP contribution in [-0.2, 0) is 0 Å². The van der Waals surface area contributed by atoms with Crippen molar-refractivity contribution >= 4 is 27.8 Å². The van der Waals surface area contributed by atoms with Crippen molar-refractivity contribution in [2.45, 2.75) is 19.8 Å². The molecule has 2 aromatic carbocycles. The van der Waals surface area contributed by atoms with Crippen molar-refractivity contribution in [1.29, 1.82) is 0 Å². The summed E-state index contributed by atoms with van der Waals surface area (Å²) < 4.78 is 0. The van der Waals surface area contributed by atoms with Gasteiger partial charge in [-0.3, -0.25) is 0 Å². The first kappa shape index (κ1) is 15.2. The van der Waals surface area contributed by atoms with Crippen LogP contribution >= 0.6 is 11.3 Å².